The molecule has 0 unspecified atom stereocenters. The molecule has 12 nitrogen and oxygen atoms in total. The molecule has 6 rings (SSSR count). The van der Waals surface area contributed by atoms with Gasteiger partial charge in [-0.1, -0.05) is 166 Å². The minimum atomic E-state index is 0.532. The van der Waals surface area contributed by atoms with Gasteiger partial charge in [-0.2, -0.15) is 15.3 Å². The third kappa shape index (κ3) is 34.6. The van der Waals surface area contributed by atoms with Crippen molar-refractivity contribution in [1.82, 2.24) is 58.0 Å². The van der Waals surface area contributed by atoms with Crippen LogP contribution in [0.1, 0.15) is 236 Å². The first-order valence-corrected chi connectivity index (χ1v) is 25.1. The molecule has 0 bridgehead atoms. The van der Waals surface area contributed by atoms with Crippen molar-refractivity contribution in [2.75, 3.05) is 0 Å². The first-order valence-electron chi connectivity index (χ1n) is 25.1. The van der Waals surface area contributed by atoms with Gasteiger partial charge >= 0.3 is 0 Å². The van der Waals surface area contributed by atoms with Gasteiger partial charge < -0.3 is 13.7 Å². The SMILES string of the molecule is CC.CC.CC.CC.CC.CC.CC(C)c1ccn(C)n1.CC(C)c1ccnn1C.CC(C)c1cn(C)cn1.CC(C)c1cncn1C.CC(C)c1cnn(C)c1.CC(C)c1nccn1C. The van der Waals surface area contributed by atoms with Crippen molar-refractivity contribution in [3.05, 3.63) is 109 Å². The molecule has 0 aliphatic heterocycles. The summed E-state index contributed by atoms with van der Waals surface area (Å²) in [6.45, 7) is 49.8. The molecule has 6 aromatic heterocycles. The van der Waals surface area contributed by atoms with Crippen molar-refractivity contribution in [2.24, 2.45) is 42.3 Å². The van der Waals surface area contributed by atoms with Crippen LogP contribution in [0.3, 0.4) is 0 Å². The standard InChI is InChI=1S/6C7H12N2.6C2H6/c1-6(2)7-4-9(3)5-8-7;1-6(2)7-4-8-5-9(7)3;1-6(2)7-4-8-9(3)5-7;1-6(2)7-8-4-5-9(7)3;1-6(2)7-4-5-9(3)8-7;1-6(2)7-4-5-8-9(7)3;6*1-2/h6*4-6H,1-3H3;6*1-2H3. The van der Waals surface area contributed by atoms with Crippen molar-refractivity contribution in [1.29, 1.82) is 0 Å². The molecule has 12 heteroatoms. The largest absolute Gasteiger partial charge is 0.340 e. The van der Waals surface area contributed by atoms with E-state index in [-0.39, 0.29) is 0 Å². The fraction of sp³-hybridized carbons (Fsp3) is 0.667. The predicted octanol–water partition coefficient (Wildman–Crippen LogP) is 15.4. The Labute approximate surface area is 409 Å². The van der Waals surface area contributed by atoms with E-state index in [4.69, 9.17) is 0 Å². The Kier molecular flexibility index (Phi) is 51.6. The number of hydrogen-bond donors (Lipinski definition) is 0. The zero-order valence-electron chi connectivity index (χ0n) is 48.8. The normalized spacial score (nSPS) is 9.27. The highest BCUT2D eigenvalue weighted by molar-refractivity contribution is 5.08. The smallest absolute Gasteiger partial charge is 0.110 e. The van der Waals surface area contributed by atoms with Crippen LogP contribution in [-0.2, 0) is 42.3 Å². The van der Waals surface area contributed by atoms with Gasteiger partial charge in [-0.15, -0.1) is 0 Å². The van der Waals surface area contributed by atoms with E-state index in [1.807, 2.05) is 227 Å². The summed E-state index contributed by atoms with van der Waals surface area (Å²) in [6.07, 6.45) is 19.2. The summed E-state index contributed by atoms with van der Waals surface area (Å²) in [4.78, 5) is 12.4. The number of aryl methyl sites for hydroxylation is 6. The lowest BCUT2D eigenvalue weighted by Crippen LogP contribution is -1.98. The third-order valence-corrected chi connectivity index (χ3v) is 8.30. The van der Waals surface area contributed by atoms with E-state index in [2.05, 4.69) is 113 Å². The summed E-state index contributed by atoms with van der Waals surface area (Å²) in [6, 6.07) is 4.09. The van der Waals surface area contributed by atoms with Crippen LogP contribution in [0.2, 0.25) is 0 Å². The Balaban J connectivity index is -0.000000156. The van der Waals surface area contributed by atoms with Crippen LogP contribution in [0.4, 0.5) is 0 Å². The highest BCUT2D eigenvalue weighted by Gasteiger charge is 2.04. The summed E-state index contributed by atoms with van der Waals surface area (Å²) in [5.74, 6) is 4.53. The van der Waals surface area contributed by atoms with Crippen LogP contribution in [0.15, 0.2) is 74.4 Å². The minimum Gasteiger partial charge on any atom is -0.340 e. The van der Waals surface area contributed by atoms with E-state index in [0.29, 0.717) is 35.5 Å². The quantitative estimate of drug-likeness (QED) is 0.165. The van der Waals surface area contributed by atoms with E-state index in [9.17, 15) is 0 Å². The molecule has 0 amide bonds. The van der Waals surface area contributed by atoms with E-state index >= 15 is 0 Å². The van der Waals surface area contributed by atoms with Crippen molar-refractivity contribution in [3.63, 3.8) is 0 Å². The van der Waals surface area contributed by atoms with Crippen LogP contribution in [-0.4, -0.2) is 58.0 Å². The molecular weight excluding hydrogens is 817 g/mol. The maximum atomic E-state index is 4.23. The van der Waals surface area contributed by atoms with Gasteiger partial charge in [-0.3, -0.25) is 14.0 Å². The van der Waals surface area contributed by atoms with Crippen LogP contribution < -0.4 is 0 Å². The molecule has 6 aromatic rings. The zero-order chi connectivity index (χ0) is 53.1. The van der Waals surface area contributed by atoms with E-state index < -0.39 is 0 Å². The Morgan fingerprint density at radius 3 is 1.12 bits per heavy atom. The van der Waals surface area contributed by atoms with Crippen molar-refractivity contribution in [3.8, 4) is 0 Å². The summed E-state index contributed by atoms with van der Waals surface area (Å²) >= 11 is 0. The maximum Gasteiger partial charge on any atom is 0.110 e. The fourth-order valence-corrected chi connectivity index (χ4v) is 5.02. The summed E-state index contributed by atoms with van der Waals surface area (Å²) < 4.78 is 11.6. The van der Waals surface area contributed by atoms with Gasteiger partial charge in [0.15, 0.2) is 0 Å². The lowest BCUT2D eigenvalue weighted by Gasteiger charge is -2.03. The average Bonchev–Trinajstić information content (AvgIpc) is 4.18. The molecule has 0 saturated carbocycles. The molecule has 0 saturated heterocycles. The number of aromatic nitrogens is 12. The molecule has 0 fully saturated rings. The predicted molar refractivity (Wildman–Crippen MR) is 292 cm³/mol. The molecule has 0 aliphatic carbocycles. The maximum absolute atomic E-state index is 4.23. The van der Waals surface area contributed by atoms with Crippen LogP contribution in [0, 0.1) is 0 Å². The minimum absolute atomic E-state index is 0.532. The number of hydrogen-bond acceptors (Lipinski definition) is 6. The molecule has 66 heavy (non-hydrogen) atoms. The molecular formula is C54H108N12. The van der Waals surface area contributed by atoms with Gasteiger partial charge in [0.05, 0.1) is 30.2 Å². The van der Waals surface area contributed by atoms with Crippen LogP contribution >= 0.6 is 0 Å². The second-order valence-corrected chi connectivity index (χ2v) is 15.5. The highest BCUT2D eigenvalue weighted by Crippen LogP contribution is 2.13. The lowest BCUT2D eigenvalue weighted by molar-refractivity contribution is 0.669. The molecule has 0 spiro atoms. The Morgan fingerprint density at radius 2 is 0.939 bits per heavy atom. The van der Waals surface area contributed by atoms with E-state index in [0.717, 1.165) is 17.2 Å². The van der Waals surface area contributed by atoms with Gasteiger partial charge in [0.1, 0.15) is 5.82 Å². The van der Waals surface area contributed by atoms with E-state index in [1.54, 1.807) is 0 Å². The molecule has 0 aliphatic rings. The van der Waals surface area contributed by atoms with Gasteiger partial charge in [-0.25, -0.2) is 15.0 Å². The van der Waals surface area contributed by atoms with Crippen LogP contribution in [0.25, 0.3) is 0 Å². The third-order valence-electron chi connectivity index (χ3n) is 8.30. The number of nitrogens with zero attached hydrogens (tertiary/aromatic N) is 12. The zero-order valence-corrected chi connectivity index (χ0v) is 48.8. The molecule has 0 N–H and O–H groups in total. The Morgan fingerprint density at radius 1 is 0.424 bits per heavy atom. The van der Waals surface area contributed by atoms with Crippen molar-refractivity contribution >= 4 is 0 Å². The molecule has 384 valence electrons. The van der Waals surface area contributed by atoms with Gasteiger partial charge in [-0.05, 0) is 47.3 Å². The van der Waals surface area contributed by atoms with Gasteiger partial charge in [0, 0.05) is 103 Å². The topological polar surface area (TPSA) is 107 Å². The Hall–Kier alpha value is -4.74. The van der Waals surface area contributed by atoms with Gasteiger partial charge in [0.2, 0.25) is 0 Å². The number of imidazole rings is 3. The number of rotatable bonds is 6. The summed E-state index contributed by atoms with van der Waals surface area (Å²) in [5, 5.41) is 12.3. The molecule has 6 heterocycles. The average molecular weight is 926 g/mol. The molecule has 0 aromatic carbocycles. The van der Waals surface area contributed by atoms with E-state index in [1.165, 1.54) is 17.0 Å². The van der Waals surface area contributed by atoms with Crippen molar-refractivity contribution in [2.45, 2.75) is 202 Å². The Bertz CT molecular complexity index is 1610. The summed E-state index contributed by atoms with van der Waals surface area (Å²) in [7, 11) is 11.9. The first-order chi connectivity index (χ1) is 31.2. The monoisotopic (exact) mass is 925 g/mol. The molecule has 0 radical (unpaired) electrons. The lowest BCUT2D eigenvalue weighted by atomic mass is 10.1. The second-order valence-electron chi connectivity index (χ2n) is 15.5. The second kappa shape index (κ2) is 46.8. The van der Waals surface area contributed by atoms with Crippen molar-refractivity contribution < 1.29 is 0 Å². The first kappa shape index (κ1) is 72.8. The van der Waals surface area contributed by atoms with Crippen LogP contribution in [0.5, 0.6) is 0 Å². The highest BCUT2D eigenvalue weighted by atomic mass is 15.3. The fourth-order valence-electron chi connectivity index (χ4n) is 5.02. The van der Waals surface area contributed by atoms with Gasteiger partial charge in [0.25, 0.3) is 0 Å². The molecule has 0 atom stereocenters. The summed E-state index contributed by atoms with van der Waals surface area (Å²) in [5.41, 5.74) is 6.21.